The highest BCUT2D eigenvalue weighted by Gasteiger charge is 2.32. The zero-order chi connectivity index (χ0) is 29.8. The van der Waals surface area contributed by atoms with Crippen LogP contribution >= 0.6 is 11.3 Å². The van der Waals surface area contributed by atoms with Gasteiger partial charge < -0.3 is 10.2 Å². The second-order valence-corrected chi connectivity index (χ2v) is 14.8. The highest BCUT2D eigenvalue weighted by Crippen LogP contribution is 2.39. The van der Waals surface area contributed by atoms with Gasteiger partial charge in [-0.25, -0.2) is 8.42 Å². The summed E-state index contributed by atoms with van der Waals surface area (Å²) in [5, 5.41) is 3.64. The number of amides is 2. The molecule has 228 valence electrons. The predicted molar refractivity (Wildman–Crippen MR) is 170 cm³/mol. The van der Waals surface area contributed by atoms with Gasteiger partial charge in [0, 0.05) is 56.3 Å². The number of nitrogens with one attached hydrogen (secondary N) is 1. The van der Waals surface area contributed by atoms with E-state index in [4.69, 9.17) is 0 Å². The van der Waals surface area contributed by atoms with Gasteiger partial charge in [-0.05, 0) is 73.9 Å². The summed E-state index contributed by atoms with van der Waals surface area (Å²) in [5.74, 6) is -0.339. The van der Waals surface area contributed by atoms with Crippen molar-refractivity contribution in [1.29, 1.82) is 0 Å². The lowest BCUT2D eigenvalue weighted by Crippen LogP contribution is -2.37. The van der Waals surface area contributed by atoms with Crippen molar-refractivity contribution in [1.82, 2.24) is 14.1 Å². The first-order chi connectivity index (χ1) is 20.9. The lowest BCUT2D eigenvalue weighted by molar-refractivity contribution is 0.0724. The fourth-order valence-electron chi connectivity index (χ4n) is 6.39. The average Bonchev–Trinajstić information content (AvgIpc) is 3.18. The average molecular weight is 621 g/mol. The highest BCUT2D eigenvalue weighted by atomic mass is 32.2. The van der Waals surface area contributed by atoms with Gasteiger partial charge in [-0.1, -0.05) is 43.2 Å². The van der Waals surface area contributed by atoms with Gasteiger partial charge in [0.1, 0.15) is 5.00 Å². The zero-order valence-corrected chi connectivity index (χ0v) is 26.2. The molecule has 2 aromatic carbocycles. The number of carbonyl (C=O) groups is 2. The number of fused-ring (bicyclic) bond motifs is 1. The Hall–Kier alpha value is -3.05. The Morgan fingerprint density at radius 3 is 2.14 bits per heavy atom. The first-order valence-corrected chi connectivity index (χ1v) is 17.8. The number of rotatable bonds is 7. The van der Waals surface area contributed by atoms with E-state index >= 15 is 0 Å². The van der Waals surface area contributed by atoms with E-state index in [2.05, 4.69) is 34.5 Å². The first-order valence-electron chi connectivity index (χ1n) is 15.5. The Labute approximate surface area is 258 Å². The minimum absolute atomic E-state index is 0.00269. The van der Waals surface area contributed by atoms with Crippen molar-refractivity contribution in [2.45, 2.75) is 69.4 Å². The summed E-state index contributed by atoms with van der Waals surface area (Å²) >= 11 is 1.50. The van der Waals surface area contributed by atoms with Gasteiger partial charge in [-0.3, -0.25) is 14.5 Å². The van der Waals surface area contributed by atoms with Crippen molar-refractivity contribution in [2.75, 3.05) is 38.0 Å². The normalized spacial score (nSPS) is 18.6. The quantitative estimate of drug-likeness (QED) is 0.364. The monoisotopic (exact) mass is 620 g/mol. The minimum atomic E-state index is -3.60. The molecular formula is C33H40N4O4S2. The molecule has 3 aromatic rings. The highest BCUT2D eigenvalue weighted by molar-refractivity contribution is 7.89. The van der Waals surface area contributed by atoms with Gasteiger partial charge in [0.05, 0.1) is 10.5 Å². The number of hydrogen-bond donors (Lipinski definition) is 1. The number of anilines is 1. The van der Waals surface area contributed by atoms with E-state index in [9.17, 15) is 18.0 Å². The molecule has 1 aromatic heterocycles. The SMILES string of the molecule is O=C(Nc1sc2c(c1C(=O)N1CCCCC1)CCN(Cc1ccccc1)C2)c1ccc(S(=O)(=O)N2CCCCCC2)cc1. The summed E-state index contributed by atoms with van der Waals surface area (Å²) in [5.41, 5.74) is 3.30. The van der Waals surface area contributed by atoms with Gasteiger partial charge in [-0.15, -0.1) is 11.3 Å². The molecule has 0 spiro atoms. The van der Waals surface area contributed by atoms with Crippen molar-refractivity contribution < 1.29 is 18.0 Å². The van der Waals surface area contributed by atoms with Gasteiger partial charge in [-0.2, -0.15) is 4.31 Å². The Bertz CT molecular complexity index is 1540. The van der Waals surface area contributed by atoms with Crippen molar-refractivity contribution in [2.24, 2.45) is 0 Å². The Morgan fingerprint density at radius 2 is 1.44 bits per heavy atom. The van der Waals surface area contributed by atoms with Gasteiger partial charge in [0.15, 0.2) is 0 Å². The molecule has 2 saturated heterocycles. The lowest BCUT2D eigenvalue weighted by atomic mass is 10.00. The second kappa shape index (κ2) is 13.3. The van der Waals surface area contributed by atoms with Gasteiger partial charge in [0.25, 0.3) is 11.8 Å². The van der Waals surface area contributed by atoms with Crippen LogP contribution in [0.4, 0.5) is 5.00 Å². The molecule has 3 aliphatic rings. The first kappa shape index (κ1) is 30.0. The minimum Gasteiger partial charge on any atom is -0.339 e. The second-order valence-electron chi connectivity index (χ2n) is 11.8. The summed E-state index contributed by atoms with van der Waals surface area (Å²) in [6.45, 7) is 4.96. The standard InChI is InChI=1S/C33H40N4O4S2/c38-31(26-13-15-27(16-14-26)43(40,41)37-20-9-1-2-10-21-37)34-32-30(33(39)36-18-7-4-8-19-36)28-17-22-35(24-29(28)42-32)23-25-11-5-3-6-12-25/h3,5-6,11-16H,1-2,4,7-10,17-24H2,(H,34,38). The molecule has 2 amide bonds. The van der Waals surface area contributed by atoms with Crippen LogP contribution < -0.4 is 5.32 Å². The maximum atomic E-state index is 13.9. The molecule has 6 rings (SSSR count). The number of sulfonamides is 1. The van der Waals surface area contributed by atoms with Crippen molar-refractivity contribution in [3.05, 3.63) is 81.7 Å². The molecule has 0 bridgehead atoms. The van der Waals surface area contributed by atoms with E-state index in [1.54, 1.807) is 16.4 Å². The van der Waals surface area contributed by atoms with E-state index in [-0.39, 0.29) is 16.7 Å². The van der Waals surface area contributed by atoms with Crippen LogP contribution in [0.25, 0.3) is 0 Å². The molecule has 0 saturated carbocycles. The molecule has 43 heavy (non-hydrogen) atoms. The predicted octanol–water partition coefficient (Wildman–Crippen LogP) is 5.75. The lowest BCUT2D eigenvalue weighted by Gasteiger charge is -2.29. The van der Waals surface area contributed by atoms with E-state index in [1.807, 2.05) is 11.0 Å². The number of nitrogens with zero attached hydrogens (tertiary/aromatic N) is 3. The zero-order valence-electron chi connectivity index (χ0n) is 24.6. The number of hydrogen-bond acceptors (Lipinski definition) is 6. The maximum Gasteiger partial charge on any atom is 0.257 e. The molecule has 0 atom stereocenters. The van der Waals surface area contributed by atoms with Crippen LogP contribution in [0.2, 0.25) is 0 Å². The molecule has 0 radical (unpaired) electrons. The molecule has 0 aliphatic carbocycles. The molecule has 8 nitrogen and oxygen atoms in total. The Balaban J connectivity index is 1.23. The third-order valence-corrected chi connectivity index (χ3v) is 11.8. The number of carbonyl (C=O) groups excluding carboxylic acids is 2. The Morgan fingerprint density at radius 1 is 0.791 bits per heavy atom. The molecular weight excluding hydrogens is 581 g/mol. The van der Waals surface area contributed by atoms with Crippen molar-refractivity contribution >= 4 is 38.2 Å². The van der Waals surface area contributed by atoms with Gasteiger partial charge >= 0.3 is 0 Å². The summed E-state index contributed by atoms with van der Waals surface area (Å²) in [6, 6.07) is 16.6. The van der Waals surface area contributed by atoms with Crippen LogP contribution in [0.1, 0.15) is 81.7 Å². The smallest absolute Gasteiger partial charge is 0.257 e. The van der Waals surface area contributed by atoms with Crippen LogP contribution in [0.3, 0.4) is 0 Å². The van der Waals surface area contributed by atoms with E-state index in [0.717, 1.165) is 94.5 Å². The number of likely N-dealkylation sites (tertiary alicyclic amines) is 1. The van der Waals surface area contributed by atoms with Crippen LogP contribution in [-0.2, 0) is 29.5 Å². The number of thiophene rings is 1. The molecule has 4 heterocycles. The molecule has 2 fully saturated rings. The van der Waals surface area contributed by atoms with Crippen LogP contribution in [0.15, 0.2) is 59.5 Å². The van der Waals surface area contributed by atoms with Crippen LogP contribution in [-0.4, -0.2) is 67.1 Å². The van der Waals surface area contributed by atoms with E-state index in [1.165, 1.54) is 29.0 Å². The summed E-state index contributed by atoms with van der Waals surface area (Å²) in [7, 11) is -3.60. The van der Waals surface area contributed by atoms with Crippen LogP contribution in [0, 0.1) is 0 Å². The number of benzene rings is 2. The van der Waals surface area contributed by atoms with Gasteiger partial charge in [0.2, 0.25) is 10.0 Å². The topological polar surface area (TPSA) is 90.0 Å². The van der Waals surface area contributed by atoms with Crippen molar-refractivity contribution in [3.8, 4) is 0 Å². The summed E-state index contributed by atoms with van der Waals surface area (Å²) in [4.78, 5) is 33.0. The third kappa shape index (κ3) is 6.72. The third-order valence-electron chi connectivity index (χ3n) is 8.79. The number of piperidine rings is 1. The van der Waals surface area contributed by atoms with E-state index in [0.29, 0.717) is 29.2 Å². The maximum absolute atomic E-state index is 13.9. The molecule has 3 aliphatic heterocycles. The van der Waals surface area contributed by atoms with Crippen molar-refractivity contribution in [3.63, 3.8) is 0 Å². The largest absolute Gasteiger partial charge is 0.339 e. The summed E-state index contributed by atoms with van der Waals surface area (Å²) < 4.78 is 28.0. The molecule has 0 unspecified atom stereocenters. The van der Waals surface area contributed by atoms with E-state index < -0.39 is 10.0 Å². The molecule has 10 heteroatoms. The van der Waals surface area contributed by atoms with Crippen LogP contribution in [0.5, 0.6) is 0 Å². The molecule has 1 N–H and O–H groups in total. The fraction of sp³-hybridized carbons (Fsp3) is 0.455. The fourth-order valence-corrected chi connectivity index (χ4v) is 9.18. The summed E-state index contributed by atoms with van der Waals surface area (Å²) in [6.07, 6.45) is 7.71. The Kier molecular flexibility index (Phi) is 9.28.